The molecule has 3 N–H and O–H groups in total. The smallest absolute Gasteiger partial charge is 0.335 e. The second-order valence-electron chi connectivity index (χ2n) is 4.21. The molecule has 0 spiro atoms. The average Bonchev–Trinajstić information content (AvgIpc) is 2.46. The van der Waals surface area contributed by atoms with Crippen LogP contribution in [0.5, 0.6) is 5.75 Å². The van der Waals surface area contributed by atoms with E-state index >= 15 is 0 Å². The highest BCUT2D eigenvalue weighted by atomic mass is 16.4. The Morgan fingerprint density at radius 2 is 1.45 bits per heavy atom. The molecule has 2 aromatic carbocycles. The van der Waals surface area contributed by atoms with Crippen molar-refractivity contribution in [3.8, 4) is 5.75 Å². The van der Waals surface area contributed by atoms with Gasteiger partial charge in [-0.1, -0.05) is 0 Å². The fraction of sp³-hybridized carbons (Fsp3) is 0.0667. The summed E-state index contributed by atoms with van der Waals surface area (Å²) >= 11 is 0. The predicted octanol–water partition coefficient (Wildman–Crippen LogP) is 2.39. The van der Waals surface area contributed by atoms with Crippen LogP contribution in [-0.4, -0.2) is 28.5 Å². The summed E-state index contributed by atoms with van der Waals surface area (Å²) in [6, 6.07) is 12.1. The zero-order chi connectivity index (χ0) is 14.5. The monoisotopic (exact) mass is 271 g/mol. The van der Waals surface area contributed by atoms with Crippen LogP contribution in [0.25, 0.3) is 0 Å². The Kier molecular flexibility index (Phi) is 4.00. The van der Waals surface area contributed by atoms with Gasteiger partial charge in [-0.2, -0.15) is 0 Å². The molecule has 0 aliphatic heterocycles. The standard InChI is InChI=1S/C15H13NO4/c17-13-7-3-10(4-8-13)14(18)9-16-12-5-1-11(2-6-12)15(19)20/h1-8,16-17H,9H2,(H,19,20). The highest BCUT2D eigenvalue weighted by molar-refractivity contribution is 5.99. The van der Waals surface area contributed by atoms with Crippen LogP contribution in [0.15, 0.2) is 48.5 Å². The molecule has 0 aromatic heterocycles. The molecule has 5 heteroatoms. The molecule has 0 unspecified atom stereocenters. The van der Waals surface area contributed by atoms with Gasteiger partial charge < -0.3 is 15.5 Å². The Balaban J connectivity index is 1.96. The first-order valence-electron chi connectivity index (χ1n) is 5.96. The lowest BCUT2D eigenvalue weighted by atomic mass is 10.1. The predicted molar refractivity (Wildman–Crippen MR) is 74.3 cm³/mol. The SMILES string of the molecule is O=C(O)c1ccc(NCC(=O)c2ccc(O)cc2)cc1. The maximum absolute atomic E-state index is 11.9. The van der Waals surface area contributed by atoms with E-state index in [2.05, 4.69) is 5.32 Å². The zero-order valence-corrected chi connectivity index (χ0v) is 10.5. The number of carbonyl (C=O) groups is 2. The number of anilines is 1. The molecule has 0 aliphatic carbocycles. The highest BCUT2D eigenvalue weighted by Crippen LogP contribution is 2.12. The number of ketones is 1. The van der Waals surface area contributed by atoms with E-state index in [4.69, 9.17) is 10.2 Å². The van der Waals surface area contributed by atoms with Crippen LogP contribution in [0.1, 0.15) is 20.7 Å². The molecule has 0 saturated carbocycles. The minimum Gasteiger partial charge on any atom is -0.508 e. The Bertz CT molecular complexity index is 617. The lowest BCUT2D eigenvalue weighted by Gasteiger charge is -2.06. The number of aromatic hydroxyl groups is 1. The third-order valence-corrected chi connectivity index (χ3v) is 2.77. The number of aromatic carboxylic acids is 1. The minimum atomic E-state index is -0.989. The molecule has 0 bridgehead atoms. The van der Waals surface area contributed by atoms with Crippen LogP contribution in [0.3, 0.4) is 0 Å². The number of hydrogen-bond donors (Lipinski definition) is 3. The third kappa shape index (κ3) is 3.35. The van der Waals surface area contributed by atoms with E-state index in [-0.39, 0.29) is 23.6 Å². The molecule has 0 amide bonds. The summed E-state index contributed by atoms with van der Waals surface area (Å²) in [7, 11) is 0. The number of Topliss-reactive ketones (excluding diaryl/α,β-unsaturated/α-hetero) is 1. The highest BCUT2D eigenvalue weighted by Gasteiger charge is 2.06. The van der Waals surface area contributed by atoms with Gasteiger partial charge in [-0.3, -0.25) is 4.79 Å². The molecule has 0 aliphatic rings. The molecule has 0 fully saturated rings. The number of carbonyl (C=O) groups excluding carboxylic acids is 1. The van der Waals surface area contributed by atoms with Gasteiger partial charge >= 0.3 is 5.97 Å². The molecule has 2 aromatic rings. The Labute approximate surface area is 115 Å². The first-order valence-corrected chi connectivity index (χ1v) is 5.96. The molecule has 102 valence electrons. The summed E-state index contributed by atoms with van der Waals surface area (Å²) in [6.45, 7) is 0.0944. The largest absolute Gasteiger partial charge is 0.508 e. The van der Waals surface area contributed by atoms with Crippen molar-refractivity contribution in [3.05, 3.63) is 59.7 Å². The second kappa shape index (κ2) is 5.88. The third-order valence-electron chi connectivity index (χ3n) is 2.77. The van der Waals surface area contributed by atoms with Gasteiger partial charge in [-0.05, 0) is 48.5 Å². The van der Waals surface area contributed by atoms with Crippen LogP contribution in [0.4, 0.5) is 5.69 Å². The Morgan fingerprint density at radius 3 is 2.00 bits per heavy atom. The molecular formula is C15H13NO4. The normalized spacial score (nSPS) is 10.0. The molecule has 0 radical (unpaired) electrons. The summed E-state index contributed by atoms with van der Waals surface area (Å²) < 4.78 is 0. The van der Waals surface area contributed by atoms with Crippen LogP contribution >= 0.6 is 0 Å². The van der Waals surface area contributed by atoms with Gasteiger partial charge in [0.1, 0.15) is 5.75 Å². The van der Waals surface area contributed by atoms with Crippen LogP contribution in [0, 0.1) is 0 Å². The number of phenolic OH excluding ortho intramolecular Hbond substituents is 1. The van der Waals surface area contributed by atoms with Gasteiger partial charge in [0.15, 0.2) is 5.78 Å². The van der Waals surface area contributed by atoms with Gasteiger partial charge in [0.2, 0.25) is 0 Å². The lowest BCUT2D eigenvalue weighted by molar-refractivity contribution is 0.0696. The van der Waals surface area contributed by atoms with E-state index in [1.54, 1.807) is 24.3 Å². The quantitative estimate of drug-likeness (QED) is 0.727. The van der Waals surface area contributed by atoms with E-state index < -0.39 is 5.97 Å². The van der Waals surface area contributed by atoms with E-state index in [9.17, 15) is 9.59 Å². The van der Waals surface area contributed by atoms with Crippen molar-refractivity contribution in [2.24, 2.45) is 0 Å². The summed E-state index contributed by atoms with van der Waals surface area (Å²) in [6.07, 6.45) is 0. The van der Waals surface area contributed by atoms with Crippen molar-refractivity contribution in [1.82, 2.24) is 0 Å². The molecular weight excluding hydrogens is 258 g/mol. The maximum atomic E-state index is 11.9. The van der Waals surface area contributed by atoms with E-state index in [0.29, 0.717) is 11.3 Å². The number of carboxylic acids is 1. The average molecular weight is 271 g/mol. The minimum absolute atomic E-state index is 0.0944. The number of rotatable bonds is 5. The second-order valence-corrected chi connectivity index (χ2v) is 4.21. The first kappa shape index (κ1) is 13.6. The summed E-state index contributed by atoms with van der Waals surface area (Å²) in [4.78, 5) is 22.6. The van der Waals surface area contributed by atoms with Gasteiger partial charge in [-0.15, -0.1) is 0 Å². The van der Waals surface area contributed by atoms with Crippen LogP contribution < -0.4 is 5.32 Å². The van der Waals surface area contributed by atoms with Crippen LogP contribution in [0.2, 0.25) is 0 Å². The Morgan fingerprint density at radius 1 is 0.900 bits per heavy atom. The molecule has 20 heavy (non-hydrogen) atoms. The van der Waals surface area contributed by atoms with Gasteiger partial charge in [0, 0.05) is 11.3 Å². The molecule has 0 heterocycles. The van der Waals surface area contributed by atoms with Crippen molar-refractivity contribution in [2.75, 3.05) is 11.9 Å². The van der Waals surface area contributed by atoms with E-state index in [1.807, 2.05) is 0 Å². The van der Waals surface area contributed by atoms with Crippen LogP contribution in [-0.2, 0) is 0 Å². The number of nitrogens with one attached hydrogen (secondary N) is 1. The number of hydrogen-bond acceptors (Lipinski definition) is 4. The van der Waals surface area contributed by atoms with Crippen molar-refractivity contribution >= 4 is 17.4 Å². The summed E-state index contributed by atoms with van der Waals surface area (Å²) in [5, 5.41) is 20.8. The Hall–Kier alpha value is -2.82. The topological polar surface area (TPSA) is 86.6 Å². The van der Waals surface area contributed by atoms with Crippen molar-refractivity contribution in [1.29, 1.82) is 0 Å². The molecule has 5 nitrogen and oxygen atoms in total. The van der Waals surface area contributed by atoms with Gasteiger partial charge in [0.05, 0.1) is 12.1 Å². The van der Waals surface area contributed by atoms with Gasteiger partial charge in [-0.25, -0.2) is 4.79 Å². The van der Waals surface area contributed by atoms with Crippen molar-refractivity contribution in [2.45, 2.75) is 0 Å². The fourth-order valence-corrected chi connectivity index (χ4v) is 1.66. The maximum Gasteiger partial charge on any atom is 0.335 e. The molecule has 0 saturated heterocycles. The zero-order valence-electron chi connectivity index (χ0n) is 10.5. The molecule has 2 rings (SSSR count). The summed E-state index contributed by atoms with van der Waals surface area (Å²) in [5.74, 6) is -0.997. The number of phenols is 1. The fourth-order valence-electron chi connectivity index (χ4n) is 1.66. The van der Waals surface area contributed by atoms with E-state index in [1.165, 1.54) is 24.3 Å². The van der Waals surface area contributed by atoms with Gasteiger partial charge in [0.25, 0.3) is 0 Å². The van der Waals surface area contributed by atoms with Crippen molar-refractivity contribution in [3.63, 3.8) is 0 Å². The number of benzene rings is 2. The summed E-state index contributed by atoms with van der Waals surface area (Å²) in [5.41, 5.74) is 1.36. The number of carboxylic acid groups (broad SMARTS) is 1. The first-order chi connectivity index (χ1) is 9.56. The van der Waals surface area contributed by atoms with E-state index in [0.717, 1.165) is 0 Å². The lowest BCUT2D eigenvalue weighted by Crippen LogP contribution is -2.13. The van der Waals surface area contributed by atoms with Crippen molar-refractivity contribution < 1.29 is 19.8 Å². The molecule has 0 atom stereocenters.